The monoisotopic (exact) mass is 1280 g/mol. The summed E-state index contributed by atoms with van der Waals surface area (Å²) in [6.45, 7) is 27.3. The lowest BCUT2D eigenvalue weighted by atomic mass is 9.85. The molecule has 0 spiro atoms. The molecular formula is C64H57AlCl6N2O4S4. The molecule has 0 aliphatic heterocycles. The molecule has 17 heteroatoms. The molecule has 0 saturated carbocycles. The van der Waals surface area contributed by atoms with Crippen LogP contribution in [0.4, 0.5) is 0 Å². The zero-order valence-corrected chi connectivity index (χ0v) is 55.6. The van der Waals surface area contributed by atoms with Gasteiger partial charge in [-0.1, -0.05) is 148 Å². The molecule has 81 heavy (non-hydrogen) atoms. The molecule has 0 unspecified atom stereocenters. The highest BCUT2D eigenvalue weighted by Crippen LogP contribution is 2.44. The van der Waals surface area contributed by atoms with Crippen LogP contribution >= 0.6 is 110 Å². The van der Waals surface area contributed by atoms with Crippen LogP contribution in [0.3, 0.4) is 0 Å². The lowest BCUT2D eigenvalue weighted by Crippen LogP contribution is -2.32. The fourth-order valence-corrected chi connectivity index (χ4v) is 14.2. The van der Waals surface area contributed by atoms with Crippen LogP contribution in [-0.2, 0) is 21.7 Å². The first-order valence-electron chi connectivity index (χ1n) is 25.9. The first kappa shape index (κ1) is 61.3. The molecule has 0 bridgehead atoms. The number of nitrogens with zero attached hydrogens (tertiary/aromatic N) is 2. The molecule has 6 heterocycles. The number of aromatic nitrogens is 2. The van der Waals surface area contributed by atoms with Gasteiger partial charge in [-0.05, 0) is 140 Å². The van der Waals surface area contributed by atoms with Crippen LogP contribution in [0, 0.1) is 0 Å². The summed E-state index contributed by atoms with van der Waals surface area (Å²) in [6, 6.07) is 44.8. The SMILES string of the molecule is CC(C)(C)c1ccc2c(c1)c1cc(C(C)(C)C)ccc1n2-c1ccc(-c2ccc(-c3c(Cl)c(=O)c3=O)s2)s1.CC(C)(C)c1ccc2c(c1)c1cc(C(C)(C)C)ccc1n2-c1ccc(-c2cccs2)s1.O=c1c(Cl)c(Cl)c1=O.[Cl][Al]([Cl])[Cl]. The molecule has 12 rings (SSSR count). The van der Waals surface area contributed by atoms with Crippen molar-refractivity contribution in [3.63, 3.8) is 0 Å². The Bertz CT molecular complexity index is 4300. The fraction of sp³-hybridized carbons (Fsp3) is 0.250. The van der Waals surface area contributed by atoms with Gasteiger partial charge < -0.3 is 9.13 Å². The zero-order chi connectivity index (χ0) is 59.0. The van der Waals surface area contributed by atoms with Crippen molar-refractivity contribution >= 4 is 165 Å². The Kier molecular flexibility index (Phi) is 17.6. The number of hydrogen-bond donors (Lipinski definition) is 0. The van der Waals surface area contributed by atoms with Gasteiger partial charge in [0, 0.05) is 45.9 Å². The van der Waals surface area contributed by atoms with Crippen molar-refractivity contribution in [1.82, 2.24) is 9.13 Å². The molecule has 0 N–H and O–H groups in total. The molecule has 6 nitrogen and oxygen atoms in total. The van der Waals surface area contributed by atoms with Crippen LogP contribution in [-0.4, -0.2) is 20.5 Å². The Morgan fingerprint density at radius 3 is 0.988 bits per heavy atom. The van der Waals surface area contributed by atoms with Crippen LogP contribution < -0.4 is 21.7 Å². The highest BCUT2D eigenvalue weighted by Gasteiger charge is 2.26. The largest absolute Gasteiger partial charge is 0.643 e. The number of hydrogen-bond acceptors (Lipinski definition) is 8. The number of rotatable bonds is 5. The Hall–Kier alpha value is -4.29. The summed E-state index contributed by atoms with van der Waals surface area (Å²) in [5, 5.41) is 9.54. The third-order valence-electron chi connectivity index (χ3n) is 14.1. The van der Waals surface area contributed by atoms with Crippen LogP contribution in [0.5, 0.6) is 0 Å². The highest BCUT2D eigenvalue weighted by molar-refractivity contribution is 7.54. The van der Waals surface area contributed by atoms with E-state index in [0.29, 0.717) is 5.56 Å². The van der Waals surface area contributed by atoms with E-state index in [0.717, 1.165) is 19.6 Å². The van der Waals surface area contributed by atoms with Gasteiger partial charge in [0.1, 0.15) is 25.1 Å². The first-order valence-corrected chi connectivity index (χ1v) is 35.6. The summed E-state index contributed by atoms with van der Waals surface area (Å²) in [7, 11) is 14.8. The average Bonchev–Trinajstić information content (AvgIpc) is 2.71. The minimum atomic E-state index is -1.72. The van der Waals surface area contributed by atoms with Crippen molar-refractivity contribution in [2.45, 2.75) is 105 Å². The van der Waals surface area contributed by atoms with E-state index in [9.17, 15) is 19.2 Å². The second kappa shape index (κ2) is 23.3. The van der Waals surface area contributed by atoms with Gasteiger partial charge in [-0.25, -0.2) is 30.1 Å². The molecule has 0 aliphatic rings. The van der Waals surface area contributed by atoms with Crippen LogP contribution in [0.1, 0.15) is 105 Å². The van der Waals surface area contributed by atoms with E-state index in [1.807, 2.05) is 23.5 Å². The van der Waals surface area contributed by atoms with Crippen molar-refractivity contribution in [2.75, 3.05) is 0 Å². The third kappa shape index (κ3) is 12.5. The highest BCUT2D eigenvalue weighted by atomic mass is 35.8. The van der Waals surface area contributed by atoms with E-state index in [-0.39, 0.29) is 36.7 Å². The summed E-state index contributed by atoms with van der Waals surface area (Å²) in [6.07, 6.45) is 0. The molecule has 12 aromatic rings. The molecule has 0 saturated heterocycles. The Labute approximate surface area is 519 Å². The zero-order valence-electron chi connectivity index (χ0n) is 46.6. The third-order valence-corrected chi connectivity index (χ3v) is 19.8. The van der Waals surface area contributed by atoms with Crippen molar-refractivity contribution in [3.8, 4) is 40.0 Å². The summed E-state index contributed by atoms with van der Waals surface area (Å²) in [5.41, 5.74) is 8.60. The van der Waals surface area contributed by atoms with Crippen LogP contribution in [0.2, 0.25) is 15.1 Å². The normalized spacial score (nSPS) is 12.3. The van der Waals surface area contributed by atoms with Crippen molar-refractivity contribution in [2.24, 2.45) is 0 Å². The number of thiophene rings is 4. The topological polar surface area (TPSA) is 78.1 Å². The van der Waals surface area contributed by atoms with Gasteiger partial charge in [0.2, 0.25) is 21.7 Å². The van der Waals surface area contributed by atoms with Gasteiger partial charge >= 0.3 is 11.4 Å². The molecule has 416 valence electrons. The van der Waals surface area contributed by atoms with Crippen LogP contribution in [0.15, 0.2) is 146 Å². The summed E-state index contributed by atoms with van der Waals surface area (Å²) >= 11 is 21.4. The van der Waals surface area contributed by atoms with Gasteiger partial charge in [0.25, 0.3) is 0 Å². The second-order valence-electron chi connectivity index (χ2n) is 23.9. The summed E-state index contributed by atoms with van der Waals surface area (Å²) in [4.78, 5) is 49.5. The van der Waals surface area contributed by atoms with Crippen molar-refractivity contribution in [1.29, 1.82) is 0 Å². The van der Waals surface area contributed by atoms with Crippen molar-refractivity contribution < 1.29 is 0 Å². The minimum Gasteiger partial charge on any atom is -0.301 e. The first-order chi connectivity index (χ1) is 37.8. The average molecular weight is 1290 g/mol. The Balaban J connectivity index is 0.000000165. The van der Waals surface area contributed by atoms with E-state index < -0.39 is 33.1 Å². The maximum Gasteiger partial charge on any atom is 0.643 e. The predicted molar refractivity (Wildman–Crippen MR) is 359 cm³/mol. The lowest BCUT2D eigenvalue weighted by Gasteiger charge is -2.19. The molecule has 0 amide bonds. The maximum atomic E-state index is 12.0. The van der Waals surface area contributed by atoms with E-state index in [2.05, 4.69) is 207 Å². The van der Waals surface area contributed by atoms with Crippen molar-refractivity contribution in [3.05, 3.63) is 205 Å². The Morgan fingerprint density at radius 2 is 0.679 bits per heavy atom. The number of halogens is 6. The fourth-order valence-electron chi connectivity index (χ4n) is 9.49. The minimum absolute atomic E-state index is 0.0461. The lowest BCUT2D eigenvalue weighted by molar-refractivity contribution is 0.590. The molecule has 6 aromatic carbocycles. The number of benzene rings is 4. The van der Waals surface area contributed by atoms with Gasteiger partial charge in [-0.2, -0.15) is 0 Å². The molecular weight excluding hydrogens is 1230 g/mol. The standard InChI is InChI=1S/C32H28ClNO2S2.C28H29NS2.C4Cl2O2.Al.3ClH/c1-31(2,3)17-7-9-21-19(15-17)20-16-18(32(4,5)6)8-10-22(20)34(21)26-14-13-24(38-26)23-11-12-25(37-23)27-28(33)30(36)29(27)35;1-27(2,3)18-9-11-22-20(16-18)21-17-19(28(4,5)6)10-12-23(21)29(22)26-14-13-25(31-26)24-8-7-15-30-24;5-1-2(6)4(8)3(1)7;;;;/h7-16H,1-6H3;7-17H,1-6H3;;;3*1H/q;;;+3;;;/p-3. The van der Waals surface area contributed by atoms with Crippen LogP contribution in [0.25, 0.3) is 83.6 Å². The smallest absolute Gasteiger partial charge is 0.301 e. The van der Waals surface area contributed by atoms with Gasteiger partial charge in [-0.3, -0.25) is 19.2 Å². The predicted octanol–water partition coefficient (Wildman–Crippen LogP) is 20.5. The second-order valence-corrected chi connectivity index (χ2v) is 35.6. The molecule has 0 radical (unpaired) electrons. The summed E-state index contributed by atoms with van der Waals surface area (Å²) < 4.78 is 4.81. The van der Waals surface area contributed by atoms with Gasteiger partial charge in [0.05, 0.1) is 27.6 Å². The quantitative estimate of drug-likeness (QED) is 0.127. The maximum absolute atomic E-state index is 12.0. The van der Waals surface area contributed by atoms with E-state index in [1.54, 1.807) is 22.7 Å². The molecule has 0 aliphatic carbocycles. The Morgan fingerprint density at radius 1 is 0.370 bits per heavy atom. The molecule has 6 aromatic heterocycles. The van der Waals surface area contributed by atoms with Gasteiger partial charge in [-0.15, -0.1) is 45.3 Å². The number of fused-ring (bicyclic) bond motifs is 6. The molecule has 0 atom stereocenters. The van der Waals surface area contributed by atoms with Gasteiger partial charge in [0.15, 0.2) is 0 Å². The summed E-state index contributed by atoms with van der Waals surface area (Å²) in [5.74, 6) is 0. The van der Waals surface area contributed by atoms with E-state index in [4.69, 9.17) is 65.0 Å². The molecule has 0 fully saturated rings. The van der Waals surface area contributed by atoms with E-state index in [1.165, 1.54) is 92.0 Å². The van der Waals surface area contributed by atoms with E-state index >= 15 is 0 Å².